The average molecular weight is 334 g/mol. The SMILES string of the molecule is CCOC(=O)c1c(C2=Nc3ccccc3CO2)c2ccccc2n1C. The molecule has 0 radical (unpaired) electrons. The molecular weight excluding hydrogens is 316 g/mol. The van der Waals surface area contributed by atoms with Gasteiger partial charge in [0.15, 0.2) is 0 Å². The smallest absolute Gasteiger partial charge is 0.355 e. The van der Waals surface area contributed by atoms with Gasteiger partial charge in [-0.1, -0.05) is 36.4 Å². The predicted octanol–water partition coefficient (Wildman–Crippen LogP) is 3.96. The molecule has 1 aliphatic heterocycles. The number of aryl methyl sites for hydroxylation is 1. The minimum Gasteiger partial charge on any atom is -0.472 e. The van der Waals surface area contributed by atoms with Crippen LogP contribution in [-0.2, 0) is 23.1 Å². The normalized spacial score (nSPS) is 13.1. The van der Waals surface area contributed by atoms with E-state index < -0.39 is 0 Å². The van der Waals surface area contributed by atoms with Crippen LogP contribution >= 0.6 is 0 Å². The fourth-order valence-corrected chi connectivity index (χ4v) is 3.21. The Labute approximate surface area is 145 Å². The van der Waals surface area contributed by atoms with Gasteiger partial charge in [0.1, 0.15) is 12.3 Å². The molecule has 0 aliphatic carbocycles. The summed E-state index contributed by atoms with van der Waals surface area (Å²) >= 11 is 0. The molecule has 1 aromatic heterocycles. The Balaban J connectivity index is 1.97. The molecule has 126 valence electrons. The third-order valence-corrected chi connectivity index (χ3v) is 4.37. The van der Waals surface area contributed by atoms with E-state index in [4.69, 9.17) is 9.47 Å². The lowest BCUT2D eigenvalue weighted by Gasteiger charge is -2.17. The van der Waals surface area contributed by atoms with Crippen molar-refractivity contribution in [3.8, 4) is 0 Å². The number of hydrogen-bond donors (Lipinski definition) is 0. The Kier molecular flexibility index (Phi) is 3.76. The largest absolute Gasteiger partial charge is 0.472 e. The Hall–Kier alpha value is -3.08. The molecule has 3 aromatic rings. The van der Waals surface area contributed by atoms with E-state index in [1.165, 1.54) is 0 Å². The number of hydrogen-bond acceptors (Lipinski definition) is 4. The third kappa shape index (κ3) is 2.48. The molecule has 0 fully saturated rings. The van der Waals surface area contributed by atoms with Gasteiger partial charge in [-0.05, 0) is 19.1 Å². The number of carbonyl (C=O) groups is 1. The highest BCUT2D eigenvalue weighted by molar-refractivity contribution is 6.15. The summed E-state index contributed by atoms with van der Waals surface area (Å²) in [5, 5.41) is 0.922. The van der Waals surface area contributed by atoms with Gasteiger partial charge in [-0.25, -0.2) is 9.79 Å². The fourth-order valence-electron chi connectivity index (χ4n) is 3.21. The van der Waals surface area contributed by atoms with Crippen LogP contribution in [0.3, 0.4) is 0 Å². The molecule has 0 saturated carbocycles. The van der Waals surface area contributed by atoms with E-state index in [9.17, 15) is 4.79 Å². The topological polar surface area (TPSA) is 52.8 Å². The zero-order valence-electron chi connectivity index (χ0n) is 14.2. The minimum atomic E-state index is -0.374. The van der Waals surface area contributed by atoms with Crippen LogP contribution in [0.25, 0.3) is 10.9 Å². The van der Waals surface area contributed by atoms with Gasteiger partial charge in [-0.15, -0.1) is 0 Å². The lowest BCUT2D eigenvalue weighted by molar-refractivity contribution is 0.0515. The molecule has 25 heavy (non-hydrogen) atoms. The van der Waals surface area contributed by atoms with E-state index in [2.05, 4.69) is 4.99 Å². The number of fused-ring (bicyclic) bond motifs is 2. The molecular formula is C20H18N2O3. The number of carbonyl (C=O) groups excluding carboxylic acids is 1. The van der Waals surface area contributed by atoms with Crippen molar-refractivity contribution in [3.05, 3.63) is 65.4 Å². The van der Waals surface area contributed by atoms with E-state index in [0.717, 1.165) is 22.2 Å². The second-order valence-corrected chi connectivity index (χ2v) is 5.85. The Morgan fingerprint density at radius 2 is 1.96 bits per heavy atom. The van der Waals surface area contributed by atoms with Crippen LogP contribution in [0.5, 0.6) is 0 Å². The molecule has 0 bridgehead atoms. The highest BCUT2D eigenvalue weighted by Gasteiger charge is 2.28. The van der Waals surface area contributed by atoms with Crippen LogP contribution in [0, 0.1) is 0 Å². The maximum atomic E-state index is 12.6. The quantitative estimate of drug-likeness (QED) is 0.681. The predicted molar refractivity (Wildman–Crippen MR) is 96.3 cm³/mol. The number of esters is 1. The first-order valence-electron chi connectivity index (χ1n) is 8.25. The first kappa shape index (κ1) is 15.4. The van der Waals surface area contributed by atoms with Gasteiger partial charge in [0.2, 0.25) is 5.90 Å². The molecule has 1 aliphatic rings. The molecule has 0 saturated heterocycles. The molecule has 0 amide bonds. The number of nitrogens with zero attached hydrogens (tertiary/aromatic N) is 2. The van der Waals surface area contributed by atoms with Crippen LogP contribution in [0.4, 0.5) is 5.69 Å². The van der Waals surface area contributed by atoms with Crippen LogP contribution in [0.1, 0.15) is 28.5 Å². The van der Waals surface area contributed by atoms with Gasteiger partial charge in [0.05, 0.1) is 17.9 Å². The number of rotatable bonds is 3. The molecule has 5 heteroatoms. The number of para-hydroxylation sites is 2. The minimum absolute atomic E-state index is 0.315. The average Bonchev–Trinajstić information content (AvgIpc) is 2.94. The number of aliphatic imine (C=N–C) groups is 1. The summed E-state index contributed by atoms with van der Waals surface area (Å²) < 4.78 is 13.0. The van der Waals surface area contributed by atoms with Gasteiger partial charge in [0, 0.05) is 23.5 Å². The maximum absolute atomic E-state index is 12.6. The summed E-state index contributed by atoms with van der Waals surface area (Å²) in [4.78, 5) is 17.2. The number of ether oxygens (including phenoxy) is 2. The van der Waals surface area contributed by atoms with Crippen LogP contribution in [-0.4, -0.2) is 23.0 Å². The second-order valence-electron chi connectivity index (χ2n) is 5.85. The van der Waals surface area contributed by atoms with Crippen molar-refractivity contribution in [2.75, 3.05) is 6.61 Å². The Morgan fingerprint density at radius 1 is 1.20 bits per heavy atom. The monoisotopic (exact) mass is 334 g/mol. The zero-order valence-corrected chi connectivity index (χ0v) is 14.2. The van der Waals surface area contributed by atoms with E-state index in [-0.39, 0.29) is 5.97 Å². The lowest BCUT2D eigenvalue weighted by Crippen LogP contribution is -2.18. The van der Waals surface area contributed by atoms with Gasteiger partial charge in [-0.2, -0.15) is 0 Å². The van der Waals surface area contributed by atoms with Crippen molar-refractivity contribution < 1.29 is 14.3 Å². The molecule has 0 N–H and O–H groups in total. The van der Waals surface area contributed by atoms with Crippen LogP contribution in [0.2, 0.25) is 0 Å². The van der Waals surface area contributed by atoms with Gasteiger partial charge in [-0.3, -0.25) is 0 Å². The summed E-state index contributed by atoms with van der Waals surface area (Å²) in [6, 6.07) is 15.7. The van der Waals surface area contributed by atoms with Crippen LogP contribution < -0.4 is 0 Å². The van der Waals surface area contributed by atoms with Crippen molar-refractivity contribution in [1.29, 1.82) is 0 Å². The first-order chi connectivity index (χ1) is 12.2. The molecule has 0 atom stereocenters. The molecule has 0 spiro atoms. The summed E-state index contributed by atoms with van der Waals surface area (Å²) in [7, 11) is 1.86. The third-order valence-electron chi connectivity index (χ3n) is 4.37. The van der Waals surface area contributed by atoms with Gasteiger partial charge >= 0.3 is 5.97 Å². The molecule has 5 nitrogen and oxygen atoms in total. The van der Waals surface area contributed by atoms with E-state index in [1.54, 1.807) is 6.92 Å². The summed E-state index contributed by atoms with van der Waals surface area (Å²) in [6.45, 7) is 2.54. The highest BCUT2D eigenvalue weighted by Crippen LogP contribution is 2.32. The Bertz CT molecular complexity index is 1000. The van der Waals surface area contributed by atoms with E-state index >= 15 is 0 Å². The summed E-state index contributed by atoms with van der Waals surface area (Å²) in [5.74, 6) is 0.0833. The summed E-state index contributed by atoms with van der Waals surface area (Å²) in [5.41, 5.74) is 3.98. The zero-order chi connectivity index (χ0) is 17.4. The number of aromatic nitrogens is 1. The Morgan fingerprint density at radius 3 is 2.80 bits per heavy atom. The van der Waals surface area contributed by atoms with Gasteiger partial charge in [0.25, 0.3) is 0 Å². The molecule has 4 rings (SSSR count). The van der Waals surface area contributed by atoms with Crippen LogP contribution in [0.15, 0.2) is 53.5 Å². The molecule has 2 aromatic carbocycles. The highest BCUT2D eigenvalue weighted by atomic mass is 16.5. The maximum Gasteiger partial charge on any atom is 0.355 e. The first-order valence-corrected chi connectivity index (χ1v) is 8.25. The molecule has 0 unspecified atom stereocenters. The number of benzene rings is 2. The van der Waals surface area contributed by atoms with Crippen molar-refractivity contribution in [3.63, 3.8) is 0 Å². The fraction of sp³-hybridized carbons (Fsp3) is 0.200. The van der Waals surface area contributed by atoms with Crippen molar-refractivity contribution in [2.45, 2.75) is 13.5 Å². The van der Waals surface area contributed by atoms with E-state index in [0.29, 0.717) is 30.4 Å². The van der Waals surface area contributed by atoms with Crippen molar-refractivity contribution >= 4 is 28.5 Å². The summed E-state index contributed by atoms with van der Waals surface area (Å²) in [6.07, 6.45) is 0. The second kappa shape index (κ2) is 6.09. The lowest BCUT2D eigenvalue weighted by atomic mass is 10.1. The van der Waals surface area contributed by atoms with Crippen molar-refractivity contribution in [1.82, 2.24) is 4.57 Å². The van der Waals surface area contributed by atoms with E-state index in [1.807, 2.05) is 60.1 Å². The standard InChI is InChI=1S/C20H18N2O3/c1-3-24-20(23)18-17(14-9-5-7-11-16(14)22(18)2)19-21-15-10-6-4-8-13(15)12-25-19/h4-11H,3,12H2,1-2H3. The van der Waals surface area contributed by atoms with Gasteiger partial charge < -0.3 is 14.0 Å². The van der Waals surface area contributed by atoms with Crippen molar-refractivity contribution in [2.24, 2.45) is 12.0 Å². The molecule has 2 heterocycles.